The van der Waals surface area contributed by atoms with Crippen molar-refractivity contribution in [1.82, 2.24) is 0 Å². The van der Waals surface area contributed by atoms with Crippen LogP contribution in [0.1, 0.15) is 49.7 Å². The SMILES string of the molecule is [C-]1=CC=CC1.[Cl-].[Cl-].[Zr+2]=[C]1C2CC3CC(C2)CC1C3.[c-]1cccc2ccc3c(c12)Cc1ccccc1-3. The summed E-state index contributed by atoms with van der Waals surface area (Å²) in [5.74, 6) is 4.51. The number of hydrogen-bond acceptors (Lipinski definition) is 0. The Kier molecular flexibility index (Phi) is 9.07. The van der Waals surface area contributed by atoms with Crippen molar-refractivity contribution in [3.63, 3.8) is 0 Å². The van der Waals surface area contributed by atoms with Crippen LogP contribution in [0.4, 0.5) is 0 Å². The van der Waals surface area contributed by atoms with Crippen LogP contribution in [0.3, 0.4) is 0 Å². The molecule has 0 amide bonds. The van der Waals surface area contributed by atoms with Crippen LogP contribution < -0.4 is 24.8 Å². The van der Waals surface area contributed by atoms with Crippen LogP contribution in [0, 0.1) is 35.8 Å². The van der Waals surface area contributed by atoms with Crippen LogP contribution in [0.15, 0.2) is 72.8 Å². The van der Waals surface area contributed by atoms with Gasteiger partial charge in [0, 0.05) is 0 Å². The summed E-state index contributed by atoms with van der Waals surface area (Å²) in [7, 11) is 0. The number of rotatable bonds is 0. The van der Waals surface area contributed by atoms with Gasteiger partial charge in [-0.15, -0.1) is 47.0 Å². The topological polar surface area (TPSA) is 0 Å². The summed E-state index contributed by atoms with van der Waals surface area (Å²) in [6.45, 7) is 0. The first-order chi connectivity index (χ1) is 16.3. The van der Waals surface area contributed by atoms with Gasteiger partial charge in [-0.25, -0.2) is 12.2 Å². The fraction of sp³-hybridized carbons (Fsp3) is 0.344. The Morgan fingerprint density at radius 1 is 0.771 bits per heavy atom. The molecule has 9 rings (SSSR count). The summed E-state index contributed by atoms with van der Waals surface area (Å²) < 4.78 is 1.96. The molecule has 0 spiro atoms. The van der Waals surface area contributed by atoms with Crippen LogP contribution in [0.25, 0.3) is 21.9 Å². The smallest absolute Gasteiger partial charge is 0.0246 e. The summed E-state index contributed by atoms with van der Waals surface area (Å²) in [5, 5.41) is 2.57. The van der Waals surface area contributed by atoms with Crippen LogP contribution in [-0.2, 0) is 30.7 Å². The molecule has 0 saturated heterocycles. The van der Waals surface area contributed by atoms with Crippen molar-refractivity contribution in [1.29, 1.82) is 0 Å². The Labute approximate surface area is 237 Å². The van der Waals surface area contributed by atoms with E-state index in [4.69, 9.17) is 0 Å². The first-order valence-corrected chi connectivity index (χ1v) is 13.8. The second-order valence-corrected chi connectivity index (χ2v) is 11.7. The number of allylic oxidation sites excluding steroid dienone is 4. The second kappa shape index (κ2) is 11.9. The van der Waals surface area contributed by atoms with Crippen LogP contribution >= 0.6 is 0 Å². The van der Waals surface area contributed by atoms with Gasteiger partial charge in [-0.05, 0) is 17.5 Å². The fourth-order valence-electron chi connectivity index (χ4n) is 6.85. The maximum atomic E-state index is 3.39. The van der Waals surface area contributed by atoms with Gasteiger partial charge in [0.15, 0.2) is 0 Å². The average Bonchev–Trinajstić information content (AvgIpc) is 3.54. The Balaban J connectivity index is 0.000000138. The van der Waals surface area contributed by atoms with Gasteiger partial charge in [0.25, 0.3) is 0 Å². The normalized spacial score (nSPS) is 25.5. The van der Waals surface area contributed by atoms with Gasteiger partial charge < -0.3 is 24.8 Å². The van der Waals surface area contributed by atoms with Gasteiger partial charge in [-0.1, -0.05) is 42.0 Å². The molecule has 4 bridgehead atoms. The summed E-state index contributed by atoms with van der Waals surface area (Å²) in [5.41, 5.74) is 5.65. The van der Waals surface area contributed by atoms with Gasteiger partial charge in [0.05, 0.1) is 0 Å². The Bertz CT molecular complexity index is 1220. The molecule has 6 aliphatic carbocycles. The largest absolute Gasteiger partial charge is 0.147 e. The van der Waals surface area contributed by atoms with Crippen molar-refractivity contribution in [2.75, 3.05) is 0 Å². The molecule has 3 heteroatoms. The zero-order valence-electron chi connectivity index (χ0n) is 19.9. The Hall–Kier alpha value is -1.27. The van der Waals surface area contributed by atoms with E-state index in [1.165, 1.54) is 33.0 Å². The Morgan fingerprint density at radius 3 is 2.17 bits per heavy atom. The van der Waals surface area contributed by atoms with E-state index in [-0.39, 0.29) is 24.8 Å². The molecule has 0 radical (unpaired) electrons. The van der Waals surface area contributed by atoms with Crippen LogP contribution in [-0.4, -0.2) is 3.21 Å². The van der Waals surface area contributed by atoms with Crippen molar-refractivity contribution in [3.8, 4) is 11.1 Å². The van der Waals surface area contributed by atoms with Crippen molar-refractivity contribution in [2.45, 2.75) is 44.9 Å². The monoisotopic (exact) mass is 574 g/mol. The third-order valence-corrected chi connectivity index (χ3v) is 10.2. The molecule has 4 fully saturated rings. The number of fused-ring (bicyclic) bond motifs is 5. The van der Waals surface area contributed by atoms with E-state index in [2.05, 4.69) is 66.7 Å². The number of halogens is 2. The molecule has 0 unspecified atom stereocenters. The van der Waals surface area contributed by atoms with Crippen molar-refractivity contribution in [3.05, 3.63) is 96.1 Å². The van der Waals surface area contributed by atoms with E-state index in [0.717, 1.165) is 36.5 Å². The predicted molar refractivity (Wildman–Crippen MR) is 135 cm³/mol. The quantitative estimate of drug-likeness (QED) is 0.280. The van der Waals surface area contributed by atoms with Gasteiger partial charge >= 0.3 is 83.2 Å². The van der Waals surface area contributed by atoms with Crippen molar-refractivity contribution in [2.24, 2.45) is 23.7 Å². The molecule has 6 aliphatic rings. The van der Waals surface area contributed by atoms with E-state index in [1.807, 2.05) is 21.4 Å². The van der Waals surface area contributed by atoms with E-state index >= 15 is 0 Å². The van der Waals surface area contributed by atoms with Crippen LogP contribution in [0.5, 0.6) is 0 Å². The molecule has 0 aromatic heterocycles. The van der Waals surface area contributed by atoms with E-state index in [0.29, 0.717) is 0 Å². The second-order valence-electron chi connectivity index (χ2n) is 10.3. The van der Waals surface area contributed by atoms with Crippen LogP contribution in [0.2, 0.25) is 0 Å². The molecule has 178 valence electrons. The molecule has 0 N–H and O–H groups in total. The Morgan fingerprint density at radius 2 is 1.51 bits per heavy atom. The molecule has 0 heterocycles. The first kappa shape index (κ1) is 26.8. The molecule has 3 aromatic rings. The standard InChI is InChI=1S/C17H11.C10H14.C5H5.2ClH.Zr/c1-3-7-14-12(5-1)9-10-16-15-8-4-2-6-13(15)11-17(14)16;1-7-2-9-4-8(1)5-10(3-7)6-9;1-2-4-5-3-1;;;/h1-6,8-10H,11H2;7-10H,1-5H2;1-3H,4H2;2*1H;/q-1;;-1;;;+2/p-2. The molecule has 0 aliphatic heterocycles. The fourth-order valence-corrected chi connectivity index (χ4v) is 8.01. The molecule has 3 aromatic carbocycles. The van der Waals surface area contributed by atoms with Gasteiger partial charge in [0.2, 0.25) is 0 Å². The maximum Gasteiger partial charge on any atom is -0.0246 e. The van der Waals surface area contributed by atoms with Crippen molar-refractivity contribution < 1.29 is 49.0 Å². The van der Waals surface area contributed by atoms with Crippen molar-refractivity contribution >= 4 is 14.0 Å². The van der Waals surface area contributed by atoms with Gasteiger partial charge in [0.1, 0.15) is 0 Å². The van der Waals surface area contributed by atoms with Gasteiger partial charge in [-0.3, -0.25) is 6.08 Å². The molecular formula is C32H30Cl2Zr-2. The zero-order chi connectivity index (χ0) is 22.2. The van der Waals surface area contributed by atoms with E-state index < -0.39 is 0 Å². The first-order valence-electron chi connectivity index (χ1n) is 12.6. The minimum absolute atomic E-state index is 0. The predicted octanol–water partition coefficient (Wildman–Crippen LogP) is 1.69. The number of benzene rings is 3. The number of hydrogen-bond donors (Lipinski definition) is 0. The molecule has 0 nitrogen and oxygen atoms in total. The molecular weight excluding hydrogens is 546 g/mol. The van der Waals surface area contributed by atoms with E-state index in [1.54, 1.807) is 56.3 Å². The minimum Gasteiger partial charge on any atom is -0.147 e. The summed E-state index contributed by atoms with van der Waals surface area (Å²) >= 11 is 1.76. The summed E-state index contributed by atoms with van der Waals surface area (Å²) in [4.78, 5) is 0. The minimum atomic E-state index is 0. The zero-order valence-corrected chi connectivity index (χ0v) is 23.9. The third kappa shape index (κ3) is 5.54. The summed E-state index contributed by atoms with van der Waals surface area (Å²) in [6, 6.07) is 22.7. The summed E-state index contributed by atoms with van der Waals surface area (Å²) in [6.07, 6.45) is 18.9. The van der Waals surface area contributed by atoms with E-state index in [9.17, 15) is 0 Å². The molecule has 0 atom stereocenters. The molecule has 35 heavy (non-hydrogen) atoms. The third-order valence-electron chi connectivity index (χ3n) is 8.22. The van der Waals surface area contributed by atoms with Gasteiger partial charge in [-0.2, -0.15) is 6.08 Å². The average molecular weight is 577 g/mol. The maximum absolute atomic E-state index is 3.39. The molecule has 4 saturated carbocycles.